The number of benzene rings is 3. The molecule has 0 spiro atoms. The van der Waals surface area contributed by atoms with Crippen molar-refractivity contribution in [1.82, 2.24) is 0 Å². The second kappa shape index (κ2) is 20.6. The Morgan fingerprint density at radius 3 is 1.98 bits per heavy atom. The molecule has 0 heterocycles. The third kappa shape index (κ3) is 13.1. The molecule has 0 aliphatic carbocycles. The fraction of sp³-hybridized carbons (Fsp3) is 0.459. The summed E-state index contributed by atoms with van der Waals surface area (Å²) in [4.78, 5) is 17.1. The van der Waals surface area contributed by atoms with Crippen LogP contribution in [0.2, 0.25) is 5.02 Å². The number of esters is 1. The average molecular weight is 624 g/mol. The van der Waals surface area contributed by atoms with Crippen LogP contribution in [0.4, 0.5) is 10.1 Å². The molecule has 0 N–H and O–H groups in total. The molecule has 0 aliphatic rings. The fourth-order valence-electron chi connectivity index (χ4n) is 4.90. The van der Waals surface area contributed by atoms with E-state index >= 15 is 0 Å². The zero-order chi connectivity index (χ0) is 31.4. The largest absolute Gasteiger partial charge is 0.494 e. The third-order valence-electron chi connectivity index (χ3n) is 7.51. The Morgan fingerprint density at radius 2 is 1.39 bits per heavy atom. The van der Waals surface area contributed by atoms with Crippen LogP contribution < -0.4 is 14.2 Å². The minimum absolute atomic E-state index is 0.00380. The lowest BCUT2D eigenvalue weighted by Gasteiger charge is -2.11. The topological polar surface area (TPSA) is 57.1 Å². The van der Waals surface area contributed by atoms with Crippen LogP contribution in [0.1, 0.15) is 113 Å². The Hall–Kier alpha value is -3.38. The summed E-state index contributed by atoms with van der Waals surface area (Å²) in [5.74, 6) is 0.412. The molecule has 0 fully saturated rings. The molecular formula is C37H47ClFNO4. The molecule has 0 amide bonds. The summed E-state index contributed by atoms with van der Waals surface area (Å²) in [7, 11) is 1.50. The van der Waals surface area contributed by atoms with Crippen LogP contribution in [-0.4, -0.2) is 25.9 Å². The van der Waals surface area contributed by atoms with Gasteiger partial charge in [-0.15, -0.1) is 0 Å². The lowest BCUT2D eigenvalue weighted by atomic mass is 10.0. The molecule has 5 nitrogen and oxygen atoms in total. The highest BCUT2D eigenvalue weighted by molar-refractivity contribution is 6.31. The first-order valence-corrected chi connectivity index (χ1v) is 16.5. The Kier molecular flexibility index (Phi) is 16.4. The Balaban J connectivity index is 1.32. The van der Waals surface area contributed by atoms with Crippen molar-refractivity contribution in [3.63, 3.8) is 0 Å². The molecule has 0 unspecified atom stereocenters. The molecule has 3 aromatic rings. The first-order valence-electron chi connectivity index (χ1n) is 16.1. The van der Waals surface area contributed by atoms with Crippen molar-refractivity contribution in [1.29, 1.82) is 0 Å². The van der Waals surface area contributed by atoms with E-state index in [9.17, 15) is 9.18 Å². The summed E-state index contributed by atoms with van der Waals surface area (Å²) in [6, 6.07) is 16.3. The first-order chi connectivity index (χ1) is 21.5. The van der Waals surface area contributed by atoms with Crippen LogP contribution in [0.25, 0.3) is 0 Å². The van der Waals surface area contributed by atoms with Gasteiger partial charge in [0, 0.05) is 6.21 Å². The van der Waals surface area contributed by atoms with Gasteiger partial charge in [0.15, 0.2) is 11.5 Å². The SMILES string of the molecule is CCCCCCCCCCCCCCCCOc1ccc(C(=O)Oc2ccc(C=Nc3ccc(F)c(Cl)c3)cc2OC)cc1. The van der Waals surface area contributed by atoms with Crippen molar-refractivity contribution >= 4 is 29.5 Å². The molecule has 238 valence electrons. The molecule has 3 aromatic carbocycles. The average Bonchev–Trinajstić information content (AvgIpc) is 3.04. The molecule has 0 aromatic heterocycles. The lowest BCUT2D eigenvalue weighted by Crippen LogP contribution is -2.09. The molecule has 0 saturated heterocycles. The molecular weight excluding hydrogens is 577 g/mol. The minimum Gasteiger partial charge on any atom is -0.494 e. The number of carbonyl (C=O) groups is 1. The van der Waals surface area contributed by atoms with Crippen molar-refractivity contribution in [2.45, 2.75) is 96.8 Å². The normalized spacial score (nSPS) is 11.2. The van der Waals surface area contributed by atoms with Gasteiger partial charge in [-0.2, -0.15) is 0 Å². The van der Waals surface area contributed by atoms with Crippen LogP contribution in [-0.2, 0) is 0 Å². The van der Waals surface area contributed by atoms with Crippen LogP contribution in [0, 0.1) is 5.82 Å². The monoisotopic (exact) mass is 623 g/mol. The second-order valence-corrected chi connectivity index (χ2v) is 11.5. The van der Waals surface area contributed by atoms with E-state index in [1.54, 1.807) is 48.7 Å². The third-order valence-corrected chi connectivity index (χ3v) is 7.80. The van der Waals surface area contributed by atoms with Crippen molar-refractivity contribution in [3.05, 3.63) is 82.6 Å². The van der Waals surface area contributed by atoms with E-state index in [-0.39, 0.29) is 10.8 Å². The minimum atomic E-state index is -0.499. The summed E-state index contributed by atoms with van der Waals surface area (Å²) in [6.07, 6.45) is 20.2. The van der Waals surface area contributed by atoms with Crippen LogP contribution in [0.5, 0.6) is 17.2 Å². The van der Waals surface area contributed by atoms with Crippen LogP contribution in [0.3, 0.4) is 0 Å². The predicted molar refractivity (Wildman–Crippen MR) is 179 cm³/mol. The number of aliphatic imine (C=N–C) groups is 1. The molecule has 3 rings (SSSR count). The number of unbranched alkanes of at least 4 members (excludes halogenated alkanes) is 13. The van der Waals surface area contributed by atoms with Gasteiger partial charge in [0.05, 0.1) is 30.0 Å². The van der Waals surface area contributed by atoms with Crippen molar-refractivity contribution < 1.29 is 23.4 Å². The maximum atomic E-state index is 13.4. The van der Waals surface area contributed by atoms with Crippen molar-refractivity contribution in [2.75, 3.05) is 13.7 Å². The number of nitrogens with zero attached hydrogens (tertiary/aromatic N) is 1. The molecule has 0 bridgehead atoms. The van der Waals surface area contributed by atoms with Gasteiger partial charge in [0.1, 0.15) is 11.6 Å². The Bertz CT molecular complexity index is 1300. The van der Waals surface area contributed by atoms with Crippen molar-refractivity contribution in [3.8, 4) is 17.2 Å². The zero-order valence-corrected chi connectivity index (χ0v) is 27.0. The quantitative estimate of drug-likeness (QED) is 0.0512. The first kappa shape index (κ1) is 35.1. The molecule has 0 aliphatic heterocycles. The number of carbonyl (C=O) groups excluding carboxylic acids is 1. The highest BCUT2D eigenvalue weighted by atomic mass is 35.5. The van der Waals surface area contributed by atoms with Crippen LogP contribution >= 0.6 is 11.6 Å². The maximum Gasteiger partial charge on any atom is 0.343 e. The van der Waals surface area contributed by atoms with Gasteiger partial charge in [-0.1, -0.05) is 102 Å². The summed E-state index contributed by atoms with van der Waals surface area (Å²) >= 11 is 5.82. The number of methoxy groups -OCH3 is 1. The maximum absolute atomic E-state index is 13.4. The van der Waals surface area contributed by atoms with Gasteiger partial charge >= 0.3 is 5.97 Å². The number of ether oxygens (including phenoxy) is 3. The standard InChI is InChI=1S/C37H47ClFNO4/c1-3-4-5-6-7-8-9-10-11-12-13-14-15-16-25-43-32-21-18-30(19-22-32)37(41)44-35-24-17-29(26-36(35)42-2)28-40-31-20-23-34(39)33(38)27-31/h17-24,26-28H,3-16,25H2,1-2H3. The number of hydrogen-bond acceptors (Lipinski definition) is 5. The van der Waals surface area contributed by atoms with E-state index < -0.39 is 11.8 Å². The summed E-state index contributed by atoms with van der Waals surface area (Å²) in [5.41, 5.74) is 1.63. The summed E-state index contributed by atoms with van der Waals surface area (Å²) in [6.45, 7) is 2.94. The van der Waals surface area contributed by atoms with Gasteiger partial charge in [0.2, 0.25) is 0 Å². The smallest absolute Gasteiger partial charge is 0.343 e. The lowest BCUT2D eigenvalue weighted by molar-refractivity contribution is 0.0729. The van der Waals surface area contributed by atoms with Gasteiger partial charge in [-0.3, -0.25) is 4.99 Å². The van der Waals surface area contributed by atoms with E-state index in [4.69, 9.17) is 25.8 Å². The molecule has 44 heavy (non-hydrogen) atoms. The number of hydrogen-bond donors (Lipinski definition) is 0. The highest BCUT2D eigenvalue weighted by Crippen LogP contribution is 2.29. The van der Waals surface area contributed by atoms with Crippen LogP contribution in [0.15, 0.2) is 65.7 Å². The fourth-order valence-corrected chi connectivity index (χ4v) is 5.07. The van der Waals surface area contributed by atoms with E-state index in [0.29, 0.717) is 29.2 Å². The van der Waals surface area contributed by atoms with E-state index in [1.165, 1.54) is 109 Å². The van der Waals surface area contributed by atoms with E-state index in [0.717, 1.165) is 12.2 Å². The summed E-state index contributed by atoms with van der Waals surface area (Å²) in [5, 5.41) is 0.00380. The number of halogens is 2. The summed E-state index contributed by atoms with van der Waals surface area (Å²) < 4.78 is 30.2. The van der Waals surface area contributed by atoms with Gasteiger partial charge < -0.3 is 14.2 Å². The zero-order valence-electron chi connectivity index (χ0n) is 26.3. The van der Waals surface area contributed by atoms with E-state index in [1.807, 2.05) is 0 Å². The molecule has 7 heteroatoms. The second-order valence-electron chi connectivity index (χ2n) is 11.1. The van der Waals surface area contributed by atoms with Crippen molar-refractivity contribution in [2.24, 2.45) is 4.99 Å². The molecule has 0 radical (unpaired) electrons. The van der Waals surface area contributed by atoms with E-state index in [2.05, 4.69) is 11.9 Å². The van der Waals surface area contributed by atoms with Gasteiger partial charge in [-0.25, -0.2) is 9.18 Å². The van der Waals surface area contributed by atoms with Gasteiger partial charge in [-0.05, 0) is 72.6 Å². The Morgan fingerprint density at radius 1 is 0.773 bits per heavy atom. The van der Waals surface area contributed by atoms with Gasteiger partial charge in [0.25, 0.3) is 0 Å². The molecule has 0 atom stereocenters. The highest BCUT2D eigenvalue weighted by Gasteiger charge is 2.13. The predicted octanol–water partition coefficient (Wildman–Crippen LogP) is 11.3. The number of rotatable bonds is 21. The molecule has 0 saturated carbocycles. The Labute approximate surface area is 267 Å².